The van der Waals surface area contributed by atoms with E-state index in [9.17, 15) is 4.79 Å². The second-order valence-corrected chi connectivity index (χ2v) is 6.29. The van der Waals surface area contributed by atoms with E-state index in [1.165, 1.54) is 4.80 Å². The first kappa shape index (κ1) is 18.6. The minimum absolute atomic E-state index is 0.0188. The molecule has 140 valence electrons. The van der Waals surface area contributed by atoms with Gasteiger partial charge in [0.15, 0.2) is 0 Å². The Bertz CT molecular complexity index is 877. The van der Waals surface area contributed by atoms with Gasteiger partial charge in [-0.3, -0.25) is 4.79 Å². The maximum atomic E-state index is 12.2. The summed E-state index contributed by atoms with van der Waals surface area (Å²) in [5.74, 6) is 0.576. The summed E-state index contributed by atoms with van der Waals surface area (Å²) in [6, 6.07) is 17.6. The lowest BCUT2D eigenvalue weighted by molar-refractivity contribution is -0.116. The van der Waals surface area contributed by atoms with E-state index in [1.54, 1.807) is 0 Å². The first-order valence-electron chi connectivity index (χ1n) is 9.10. The predicted octanol–water partition coefficient (Wildman–Crippen LogP) is 3.22. The van der Waals surface area contributed by atoms with Crippen LogP contribution in [0.25, 0.3) is 11.4 Å². The molecule has 0 fully saturated rings. The summed E-state index contributed by atoms with van der Waals surface area (Å²) in [5, 5.41) is 15.4. The Balaban J connectivity index is 1.48. The summed E-state index contributed by atoms with van der Waals surface area (Å²) >= 11 is 0. The third-order valence-corrected chi connectivity index (χ3v) is 4.29. The van der Waals surface area contributed by atoms with Crippen molar-refractivity contribution < 1.29 is 4.79 Å². The van der Waals surface area contributed by atoms with Gasteiger partial charge >= 0.3 is 0 Å². The van der Waals surface area contributed by atoms with Gasteiger partial charge in [-0.15, -0.1) is 10.2 Å². The lowest BCUT2D eigenvalue weighted by atomic mass is 10.2. The Morgan fingerprint density at radius 1 is 1.15 bits per heavy atom. The zero-order valence-electron chi connectivity index (χ0n) is 15.7. The number of aryl methyl sites for hydroxylation is 1. The third kappa shape index (κ3) is 5.13. The van der Waals surface area contributed by atoms with Crippen LogP contribution in [-0.4, -0.2) is 39.7 Å². The second-order valence-electron chi connectivity index (χ2n) is 6.29. The maximum absolute atomic E-state index is 12.2. The van der Waals surface area contributed by atoms with E-state index in [4.69, 9.17) is 0 Å². The van der Waals surface area contributed by atoms with Crippen molar-refractivity contribution >= 4 is 17.3 Å². The monoisotopic (exact) mass is 364 g/mol. The molecule has 0 spiro atoms. The first-order valence-corrected chi connectivity index (χ1v) is 9.10. The predicted molar refractivity (Wildman–Crippen MR) is 107 cm³/mol. The highest BCUT2D eigenvalue weighted by atomic mass is 16.1. The molecule has 0 unspecified atom stereocenters. The summed E-state index contributed by atoms with van der Waals surface area (Å²) in [6.07, 6.45) is 1.04. The van der Waals surface area contributed by atoms with Gasteiger partial charge in [0, 0.05) is 37.0 Å². The Hall–Kier alpha value is -3.22. The molecule has 0 saturated carbocycles. The summed E-state index contributed by atoms with van der Waals surface area (Å²) < 4.78 is 0. The van der Waals surface area contributed by atoms with Crippen molar-refractivity contribution in [2.24, 2.45) is 0 Å². The summed E-state index contributed by atoms with van der Waals surface area (Å²) in [7, 11) is 2.02. The molecule has 3 rings (SSSR count). The molecule has 2 aromatic carbocycles. The number of aromatic nitrogens is 4. The SMILES string of the molecule is CCN(C)c1cccc(NC(=O)CCCn2nnc(-c3ccccc3)n2)c1. The Morgan fingerprint density at radius 3 is 2.74 bits per heavy atom. The molecule has 0 aliphatic heterocycles. The van der Waals surface area contributed by atoms with Crippen LogP contribution >= 0.6 is 0 Å². The standard InChI is InChI=1S/C20H24N6O/c1-3-25(2)18-12-7-11-17(15-18)21-19(27)13-8-14-26-23-20(22-24-26)16-9-5-4-6-10-16/h4-7,9-12,15H,3,8,13-14H2,1-2H3,(H,21,27). The number of hydrogen-bond acceptors (Lipinski definition) is 5. The molecule has 7 heteroatoms. The molecular formula is C20H24N6O. The van der Waals surface area contributed by atoms with Crippen LogP contribution in [0.4, 0.5) is 11.4 Å². The minimum atomic E-state index is -0.0188. The topological polar surface area (TPSA) is 75.9 Å². The number of benzene rings is 2. The van der Waals surface area contributed by atoms with Crippen molar-refractivity contribution in [1.29, 1.82) is 0 Å². The van der Waals surface area contributed by atoms with Crippen LogP contribution in [0.1, 0.15) is 19.8 Å². The van der Waals surface area contributed by atoms with Crippen molar-refractivity contribution in [2.75, 3.05) is 23.8 Å². The number of carbonyl (C=O) groups excluding carboxylic acids is 1. The molecule has 27 heavy (non-hydrogen) atoms. The highest BCUT2D eigenvalue weighted by Crippen LogP contribution is 2.18. The van der Waals surface area contributed by atoms with E-state index in [-0.39, 0.29) is 5.91 Å². The lowest BCUT2D eigenvalue weighted by Gasteiger charge is -2.17. The number of amides is 1. The molecule has 0 aliphatic carbocycles. The molecule has 0 bridgehead atoms. The summed E-state index contributed by atoms with van der Waals surface area (Å²) in [6.45, 7) is 3.55. The third-order valence-electron chi connectivity index (χ3n) is 4.29. The number of anilines is 2. The van der Waals surface area contributed by atoms with Gasteiger partial charge in [-0.25, -0.2) is 0 Å². The van der Waals surface area contributed by atoms with Gasteiger partial charge in [-0.1, -0.05) is 36.4 Å². The van der Waals surface area contributed by atoms with Gasteiger partial charge in [0.05, 0.1) is 6.54 Å². The fourth-order valence-electron chi connectivity index (χ4n) is 2.65. The van der Waals surface area contributed by atoms with Gasteiger partial charge in [0.2, 0.25) is 11.7 Å². The van der Waals surface area contributed by atoms with E-state index in [2.05, 4.69) is 32.6 Å². The number of hydrogen-bond donors (Lipinski definition) is 1. The van der Waals surface area contributed by atoms with E-state index in [0.29, 0.717) is 25.2 Å². The van der Waals surface area contributed by atoms with Crippen LogP contribution in [0.5, 0.6) is 0 Å². The summed E-state index contributed by atoms with van der Waals surface area (Å²) in [5.41, 5.74) is 2.82. The van der Waals surface area contributed by atoms with E-state index < -0.39 is 0 Å². The average molecular weight is 364 g/mol. The average Bonchev–Trinajstić information content (AvgIpc) is 3.17. The second kappa shape index (κ2) is 8.93. The fourth-order valence-corrected chi connectivity index (χ4v) is 2.65. The van der Waals surface area contributed by atoms with Crippen LogP contribution in [0.15, 0.2) is 54.6 Å². The molecule has 7 nitrogen and oxygen atoms in total. The van der Waals surface area contributed by atoms with Crippen LogP contribution in [0, 0.1) is 0 Å². The molecule has 1 aromatic heterocycles. The smallest absolute Gasteiger partial charge is 0.224 e. The van der Waals surface area contributed by atoms with Crippen molar-refractivity contribution in [3.05, 3.63) is 54.6 Å². The Kier molecular flexibility index (Phi) is 6.14. The highest BCUT2D eigenvalue weighted by molar-refractivity contribution is 5.91. The van der Waals surface area contributed by atoms with E-state index >= 15 is 0 Å². The Labute approximate surface area is 159 Å². The van der Waals surface area contributed by atoms with Crippen molar-refractivity contribution in [3.8, 4) is 11.4 Å². The molecule has 1 amide bonds. The molecule has 3 aromatic rings. The largest absolute Gasteiger partial charge is 0.375 e. The molecular weight excluding hydrogens is 340 g/mol. The zero-order chi connectivity index (χ0) is 19.1. The van der Waals surface area contributed by atoms with Crippen molar-refractivity contribution in [3.63, 3.8) is 0 Å². The molecule has 1 heterocycles. The fraction of sp³-hybridized carbons (Fsp3) is 0.300. The number of carbonyl (C=O) groups is 1. The number of tetrazole rings is 1. The lowest BCUT2D eigenvalue weighted by Crippen LogP contribution is -2.17. The van der Waals surface area contributed by atoms with E-state index in [0.717, 1.165) is 23.5 Å². The van der Waals surface area contributed by atoms with Gasteiger partial charge in [0.25, 0.3) is 0 Å². The zero-order valence-corrected chi connectivity index (χ0v) is 15.7. The number of nitrogens with one attached hydrogen (secondary N) is 1. The molecule has 0 atom stereocenters. The van der Waals surface area contributed by atoms with E-state index in [1.807, 2.05) is 61.6 Å². The quantitative estimate of drug-likeness (QED) is 0.664. The summed E-state index contributed by atoms with van der Waals surface area (Å²) in [4.78, 5) is 15.8. The van der Waals surface area contributed by atoms with Crippen molar-refractivity contribution in [1.82, 2.24) is 20.2 Å². The highest BCUT2D eigenvalue weighted by Gasteiger charge is 2.07. The van der Waals surface area contributed by atoms with Crippen molar-refractivity contribution in [2.45, 2.75) is 26.3 Å². The minimum Gasteiger partial charge on any atom is -0.375 e. The van der Waals surface area contributed by atoms with Crippen LogP contribution in [0.2, 0.25) is 0 Å². The van der Waals surface area contributed by atoms with Crippen LogP contribution < -0.4 is 10.2 Å². The number of nitrogens with zero attached hydrogens (tertiary/aromatic N) is 5. The molecule has 0 radical (unpaired) electrons. The van der Waals surface area contributed by atoms with Gasteiger partial charge in [-0.05, 0) is 36.8 Å². The number of rotatable bonds is 8. The van der Waals surface area contributed by atoms with Crippen LogP contribution in [0.3, 0.4) is 0 Å². The molecule has 1 N–H and O–H groups in total. The van der Waals surface area contributed by atoms with Gasteiger partial charge in [-0.2, -0.15) is 4.80 Å². The molecule has 0 saturated heterocycles. The van der Waals surface area contributed by atoms with Gasteiger partial charge in [0.1, 0.15) is 0 Å². The Morgan fingerprint density at radius 2 is 1.96 bits per heavy atom. The van der Waals surface area contributed by atoms with Gasteiger partial charge < -0.3 is 10.2 Å². The maximum Gasteiger partial charge on any atom is 0.224 e. The first-order chi connectivity index (χ1) is 13.2. The molecule has 0 aliphatic rings. The normalized spacial score (nSPS) is 10.6. The van der Waals surface area contributed by atoms with Crippen LogP contribution in [-0.2, 0) is 11.3 Å².